The average molecular weight is 310 g/mol. The van der Waals surface area contributed by atoms with Crippen LogP contribution in [-0.4, -0.2) is 31.1 Å². The molecule has 1 fully saturated rings. The van der Waals surface area contributed by atoms with Gasteiger partial charge in [0, 0.05) is 13.1 Å². The predicted octanol–water partition coefficient (Wildman–Crippen LogP) is 4.16. The summed E-state index contributed by atoms with van der Waals surface area (Å²) in [4.78, 5) is 2.55. The number of nitrogens with one attached hydrogen (secondary N) is 1. The topological polar surface area (TPSA) is 24.5 Å². The van der Waals surface area contributed by atoms with E-state index < -0.39 is 0 Å². The maximum Gasteiger partial charge on any atom is 0.142 e. The Morgan fingerprint density at radius 2 is 1.61 bits per heavy atom. The van der Waals surface area contributed by atoms with Gasteiger partial charge in [0.15, 0.2) is 0 Å². The largest absolute Gasteiger partial charge is 0.487 e. The molecule has 0 bridgehead atoms. The van der Waals surface area contributed by atoms with Crippen LogP contribution in [0.5, 0.6) is 5.75 Å². The molecule has 1 heterocycles. The maximum absolute atomic E-state index is 5.99. The molecule has 0 spiro atoms. The third-order valence-corrected chi connectivity index (χ3v) is 4.32. The van der Waals surface area contributed by atoms with Crippen molar-refractivity contribution in [1.82, 2.24) is 4.90 Å². The SMILES string of the molecule is c1ccc(COc2ccccc2NCCN2CCCCC2)cc1. The van der Waals surface area contributed by atoms with Crippen molar-refractivity contribution in [2.75, 3.05) is 31.5 Å². The van der Waals surface area contributed by atoms with Crippen LogP contribution in [0.1, 0.15) is 24.8 Å². The number of para-hydroxylation sites is 2. The van der Waals surface area contributed by atoms with Crippen LogP contribution in [0, 0.1) is 0 Å². The molecule has 0 radical (unpaired) electrons. The zero-order valence-electron chi connectivity index (χ0n) is 13.7. The summed E-state index contributed by atoms with van der Waals surface area (Å²) in [6.45, 7) is 5.16. The Labute approximate surface area is 139 Å². The Hall–Kier alpha value is -2.00. The van der Waals surface area contributed by atoms with Gasteiger partial charge in [-0.1, -0.05) is 48.9 Å². The molecule has 3 heteroatoms. The van der Waals surface area contributed by atoms with Crippen molar-refractivity contribution >= 4 is 5.69 Å². The molecule has 0 atom stereocenters. The van der Waals surface area contributed by atoms with E-state index in [1.54, 1.807) is 0 Å². The fourth-order valence-corrected chi connectivity index (χ4v) is 3.01. The number of benzene rings is 2. The number of hydrogen-bond donors (Lipinski definition) is 1. The molecule has 23 heavy (non-hydrogen) atoms. The fraction of sp³-hybridized carbons (Fsp3) is 0.400. The minimum atomic E-state index is 0.603. The van der Waals surface area contributed by atoms with E-state index in [1.807, 2.05) is 30.3 Å². The Bertz CT molecular complexity index is 579. The Morgan fingerprint density at radius 1 is 0.870 bits per heavy atom. The first-order valence-electron chi connectivity index (χ1n) is 8.64. The molecule has 0 aliphatic carbocycles. The van der Waals surface area contributed by atoms with Gasteiger partial charge in [-0.3, -0.25) is 0 Å². The summed E-state index contributed by atoms with van der Waals surface area (Å²) < 4.78 is 5.99. The molecule has 3 rings (SSSR count). The van der Waals surface area contributed by atoms with Crippen LogP contribution in [0.3, 0.4) is 0 Å². The molecule has 2 aromatic rings. The van der Waals surface area contributed by atoms with E-state index in [1.165, 1.54) is 37.9 Å². The number of nitrogens with zero attached hydrogens (tertiary/aromatic N) is 1. The zero-order chi connectivity index (χ0) is 15.7. The zero-order valence-corrected chi connectivity index (χ0v) is 13.7. The molecule has 1 saturated heterocycles. The van der Waals surface area contributed by atoms with Crippen LogP contribution < -0.4 is 10.1 Å². The van der Waals surface area contributed by atoms with Gasteiger partial charge in [-0.15, -0.1) is 0 Å². The van der Waals surface area contributed by atoms with Crippen LogP contribution in [0.4, 0.5) is 5.69 Å². The highest BCUT2D eigenvalue weighted by atomic mass is 16.5. The van der Waals surface area contributed by atoms with Gasteiger partial charge in [0.05, 0.1) is 5.69 Å². The summed E-state index contributed by atoms with van der Waals surface area (Å²) in [6.07, 6.45) is 4.08. The lowest BCUT2D eigenvalue weighted by Crippen LogP contribution is -2.33. The van der Waals surface area contributed by atoms with Crippen molar-refractivity contribution in [3.63, 3.8) is 0 Å². The Morgan fingerprint density at radius 3 is 2.43 bits per heavy atom. The lowest BCUT2D eigenvalue weighted by molar-refractivity contribution is 0.237. The van der Waals surface area contributed by atoms with Gasteiger partial charge in [0.25, 0.3) is 0 Å². The molecule has 1 aliphatic rings. The molecule has 1 aliphatic heterocycles. The molecule has 0 saturated carbocycles. The van der Waals surface area contributed by atoms with Gasteiger partial charge in [-0.2, -0.15) is 0 Å². The van der Waals surface area contributed by atoms with Gasteiger partial charge in [0.2, 0.25) is 0 Å². The average Bonchev–Trinajstić information content (AvgIpc) is 2.63. The number of piperidine rings is 1. The maximum atomic E-state index is 5.99. The molecule has 1 N–H and O–H groups in total. The quantitative estimate of drug-likeness (QED) is 0.831. The second-order valence-electron chi connectivity index (χ2n) is 6.10. The van der Waals surface area contributed by atoms with Gasteiger partial charge >= 0.3 is 0 Å². The van der Waals surface area contributed by atoms with Gasteiger partial charge in [-0.05, 0) is 43.6 Å². The highest BCUT2D eigenvalue weighted by Crippen LogP contribution is 2.24. The third kappa shape index (κ3) is 5.00. The highest BCUT2D eigenvalue weighted by molar-refractivity contribution is 5.56. The van der Waals surface area contributed by atoms with E-state index in [2.05, 4.69) is 34.5 Å². The molecular formula is C20H26N2O. The summed E-state index contributed by atoms with van der Waals surface area (Å²) in [5, 5.41) is 3.53. The molecule has 3 nitrogen and oxygen atoms in total. The molecule has 2 aromatic carbocycles. The van der Waals surface area contributed by atoms with E-state index in [0.29, 0.717) is 6.61 Å². The van der Waals surface area contributed by atoms with Crippen molar-refractivity contribution in [1.29, 1.82) is 0 Å². The van der Waals surface area contributed by atoms with E-state index in [9.17, 15) is 0 Å². The number of ether oxygens (including phenoxy) is 1. The first kappa shape index (κ1) is 15.9. The predicted molar refractivity (Wildman–Crippen MR) is 96.0 cm³/mol. The van der Waals surface area contributed by atoms with Crippen LogP contribution in [0.15, 0.2) is 54.6 Å². The molecule has 0 unspecified atom stereocenters. The number of likely N-dealkylation sites (tertiary alicyclic amines) is 1. The fourth-order valence-electron chi connectivity index (χ4n) is 3.01. The monoisotopic (exact) mass is 310 g/mol. The summed E-state index contributed by atoms with van der Waals surface area (Å²) in [5.74, 6) is 0.926. The van der Waals surface area contributed by atoms with E-state index in [4.69, 9.17) is 4.74 Å². The van der Waals surface area contributed by atoms with Crippen molar-refractivity contribution < 1.29 is 4.74 Å². The number of anilines is 1. The van der Waals surface area contributed by atoms with Gasteiger partial charge in [0.1, 0.15) is 12.4 Å². The summed E-state index contributed by atoms with van der Waals surface area (Å²) in [6, 6.07) is 18.5. The normalized spacial score (nSPS) is 15.3. The molecule has 0 aromatic heterocycles. The summed E-state index contributed by atoms with van der Waals surface area (Å²) >= 11 is 0. The van der Waals surface area contributed by atoms with E-state index in [-0.39, 0.29) is 0 Å². The van der Waals surface area contributed by atoms with Crippen molar-refractivity contribution in [2.45, 2.75) is 25.9 Å². The summed E-state index contributed by atoms with van der Waals surface area (Å²) in [7, 11) is 0. The van der Waals surface area contributed by atoms with Crippen LogP contribution in [0.25, 0.3) is 0 Å². The smallest absolute Gasteiger partial charge is 0.142 e. The lowest BCUT2D eigenvalue weighted by atomic mass is 10.1. The van der Waals surface area contributed by atoms with Crippen molar-refractivity contribution in [3.05, 3.63) is 60.2 Å². The number of hydrogen-bond acceptors (Lipinski definition) is 3. The van der Waals surface area contributed by atoms with Gasteiger partial charge in [-0.25, -0.2) is 0 Å². The Kier molecular flexibility index (Phi) is 5.93. The molecule has 0 amide bonds. The third-order valence-electron chi connectivity index (χ3n) is 4.32. The minimum absolute atomic E-state index is 0.603. The van der Waals surface area contributed by atoms with E-state index in [0.717, 1.165) is 24.5 Å². The van der Waals surface area contributed by atoms with Crippen molar-refractivity contribution in [3.8, 4) is 5.75 Å². The lowest BCUT2D eigenvalue weighted by Gasteiger charge is -2.26. The van der Waals surface area contributed by atoms with Gasteiger partial charge < -0.3 is 15.0 Å². The first-order chi connectivity index (χ1) is 11.4. The standard InChI is InChI=1S/C20H26N2O/c1-3-9-18(10-4-1)17-23-20-12-6-5-11-19(20)21-13-16-22-14-7-2-8-15-22/h1,3-6,9-12,21H,2,7-8,13-17H2. The first-order valence-corrected chi connectivity index (χ1v) is 8.64. The summed E-state index contributed by atoms with van der Waals surface area (Å²) in [5.41, 5.74) is 2.27. The van der Waals surface area contributed by atoms with Crippen molar-refractivity contribution in [2.24, 2.45) is 0 Å². The minimum Gasteiger partial charge on any atom is -0.487 e. The Balaban J connectivity index is 1.50. The van der Waals surface area contributed by atoms with Crippen LogP contribution in [-0.2, 0) is 6.61 Å². The van der Waals surface area contributed by atoms with E-state index >= 15 is 0 Å². The molecular weight excluding hydrogens is 284 g/mol. The number of rotatable bonds is 7. The second kappa shape index (κ2) is 8.59. The van der Waals surface area contributed by atoms with Crippen LogP contribution >= 0.6 is 0 Å². The molecule has 122 valence electrons. The second-order valence-corrected chi connectivity index (χ2v) is 6.10. The highest BCUT2D eigenvalue weighted by Gasteiger charge is 2.09. The van der Waals surface area contributed by atoms with Crippen LogP contribution in [0.2, 0.25) is 0 Å².